The lowest BCUT2D eigenvalue weighted by atomic mass is 10.2. The second-order valence-corrected chi connectivity index (χ2v) is 5.16. The summed E-state index contributed by atoms with van der Waals surface area (Å²) in [5.74, 6) is -0.185. The lowest BCUT2D eigenvalue weighted by Gasteiger charge is -2.06. The Bertz CT molecular complexity index is 664. The van der Waals surface area contributed by atoms with Crippen LogP contribution in [0.25, 0.3) is 0 Å². The van der Waals surface area contributed by atoms with E-state index in [2.05, 4.69) is 10.4 Å². The Hall–Kier alpha value is -2.83. The van der Waals surface area contributed by atoms with Crippen LogP contribution in [0.5, 0.6) is 5.75 Å². The van der Waals surface area contributed by atoms with Gasteiger partial charge in [-0.3, -0.25) is 14.3 Å². The van der Waals surface area contributed by atoms with E-state index in [0.29, 0.717) is 17.9 Å². The normalized spacial score (nSPS) is 10.3. The molecular weight excluding hydrogens is 296 g/mol. The van der Waals surface area contributed by atoms with Gasteiger partial charge in [0, 0.05) is 25.4 Å². The molecule has 1 aromatic carbocycles. The van der Waals surface area contributed by atoms with Crippen molar-refractivity contribution in [3.05, 3.63) is 47.8 Å². The Morgan fingerprint density at radius 2 is 2.04 bits per heavy atom. The fourth-order valence-corrected chi connectivity index (χ4v) is 2.05. The van der Waals surface area contributed by atoms with Gasteiger partial charge in [0.1, 0.15) is 5.75 Å². The highest BCUT2D eigenvalue weighted by atomic mass is 16.5. The molecular formula is C16H20N4O3. The predicted molar refractivity (Wildman–Crippen MR) is 85.0 cm³/mol. The Morgan fingerprint density at radius 3 is 2.65 bits per heavy atom. The average molecular weight is 316 g/mol. The van der Waals surface area contributed by atoms with Crippen LogP contribution in [0.3, 0.4) is 0 Å². The van der Waals surface area contributed by atoms with E-state index in [1.54, 1.807) is 28.9 Å². The monoisotopic (exact) mass is 316 g/mol. The van der Waals surface area contributed by atoms with Gasteiger partial charge in [0.2, 0.25) is 0 Å². The fraction of sp³-hybridized carbons (Fsp3) is 0.312. The molecule has 0 bridgehead atoms. The van der Waals surface area contributed by atoms with Crippen LogP contribution >= 0.6 is 0 Å². The van der Waals surface area contributed by atoms with Crippen LogP contribution < -0.4 is 15.8 Å². The van der Waals surface area contributed by atoms with Crippen molar-refractivity contribution in [1.82, 2.24) is 15.1 Å². The summed E-state index contributed by atoms with van der Waals surface area (Å²) < 4.78 is 6.90. The largest absolute Gasteiger partial charge is 0.484 e. The molecule has 0 aliphatic carbocycles. The smallest absolute Gasteiger partial charge is 0.255 e. The number of nitrogens with one attached hydrogen (secondary N) is 1. The van der Waals surface area contributed by atoms with Crippen LogP contribution in [-0.2, 0) is 18.3 Å². The Labute approximate surface area is 134 Å². The molecule has 122 valence electrons. The second kappa shape index (κ2) is 7.98. The third kappa shape index (κ3) is 5.46. The molecule has 7 nitrogen and oxygen atoms in total. The van der Waals surface area contributed by atoms with Crippen molar-refractivity contribution in [3.8, 4) is 5.75 Å². The quantitative estimate of drug-likeness (QED) is 0.698. The molecule has 0 aliphatic rings. The summed E-state index contributed by atoms with van der Waals surface area (Å²) in [5, 5.41) is 6.97. The highest BCUT2D eigenvalue weighted by Crippen LogP contribution is 2.12. The number of carbonyl (C=O) groups excluding carboxylic acids is 2. The first-order valence-electron chi connectivity index (χ1n) is 7.31. The van der Waals surface area contributed by atoms with Crippen molar-refractivity contribution in [2.75, 3.05) is 13.2 Å². The van der Waals surface area contributed by atoms with Gasteiger partial charge in [-0.2, -0.15) is 5.10 Å². The number of aryl methyl sites for hydroxylation is 2. The first-order valence-corrected chi connectivity index (χ1v) is 7.31. The average Bonchev–Trinajstić information content (AvgIpc) is 2.95. The topological polar surface area (TPSA) is 99.2 Å². The van der Waals surface area contributed by atoms with Crippen molar-refractivity contribution in [2.24, 2.45) is 12.8 Å². The van der Waals surface area contributed by atoms with Crippen LogP contribution in [0, 0.1) is 0 Å². The maximum Gasteiger partial charge on any atom is 0.255 e. The Morgan fingerprint density at radius 1 is 1.30 bits per heavy atom. The van der Waals surface area contributed by atoms with Crippen molar-refractivity contribution >= 4 is 11.8 Å². The zero-order chi connectivity index (χ0) is 16.7. The van der Waals surface area contributed by atoms with Gasteiger partial charge < -0.3 is 15.8 Å². The number of carbonyl (C=O) groups is 2. The van der Waals surface area contributed by atoms with E-state index in [1.165, 1.54) is 0 Å². The van der Waals surface area contributed by atoms with Crippen LogP contribution in [0.15, 0.2) is 36.7 Å². The van der Waals surface area contributed by atoms with Crippen LogP contribution in [0.2, 0.25) is 0 Å². The molecule has 23 heavy (non-hydrogen) atoms. The van der Waals surface area contributed by atoms with E-state index in [4.69, 9.17) is 10.5 Å². The van der Waals surface area contributed by atoms with Crippen molar-refractivity contribution in [1.29, 1.82) is 0 Å². The fourth-order valence-electron chi connectivity index (χ4n) is 2.05. The number of rotatable bonds is 8. The van der Waals surface area contributed by atoms with Gasteiger partial charge >= 0.3 is 0 Å². The zero-order valence-corrected chi connectivity index (χ0v) is 13.0. The number of nitrogens with zero attached hydrogens (tertiary/aromatic N) is 2. The molecule has 1 heterocycles. The van der Waals surface area contributed by atoms with Gasteiger partial charge in [0.25, 0.3) is 11.8 Å². The number of benzene rings is 1. The minimum atomic E-state index is -0.541. The SMILES string of the molecule is Cn1cc(CCCNC(=O)c2ccc(OCC(N)=O)cc2)cn1. The van der Waals surface area contributed by atoms with Gasteiger partial charge in [-0.15, -0.1) is 0 Å². The first kappa shape index (κ1) is 16.5. The summed E-state index contributed by atoms with van der Waals surface area (Å²) in [6.07, 6.45) is 5.50. The van der Waals surface area contributed by atoms with Crippen LogP contribution in [0.1, 0.15) is 22.3 Å². The molecule has 0 saturated carbocycles. The first-order chi connectivity index (χ1) is 11.0. The number of nitrogens with two attached hydrogens (primary N) is 1. The predicted octanol–water partition coefficient (Wildman–Crippen LogP) is 0.647. The molecule has 0 spiro atoms. The number of primary amides is 1. The van der Waals surface area contributed by atoms with Crippen molar-refractivity contribution in [2.45, 2.75) is 12.8 Å². The summed E-state index contributed by atoms with van der Waals surface area (Å²) in [7, 11) is 1.88. The molecule has 0 radical (unpaired) electrons. The minimum absolute atomic E-state index is 0.141. The molecule has 0 unspecified atom stereocenters. The lowest BCUT2D eigenvalue weighted by Crippen LogP contribution is -2.24. The molecule has 0 saturated heterocycles. The van der Waals surface area contributed by atoms with Crippen LogP contribution in [0.4, 0.5) is 0 Å². The molecule has 3 N–H and O–H groups in total. The number of ether oxygens (including phenoxy) is 1. The van der Waals surface area contributed by atoms with E-state index in [1.807, 2.05) is 19.4 Å². The molecule has 2 amide bonds. The third-order valence-electron chi connectivity index (χ3n) is 3.18. The molecule has 0 atom stereocenters. The number of aromatic nitrogens is 2. The Kier molecular flexibility index (Phi) is 5.74. The second-order valence-electron chi connectivity index (χ2n) is 5.16. The number of hydrogen-bond acceptors (Lipinski definition) is 4. The summed E-state index contributed by atoms with van der Waals surface area (Å²) >= 11 is 0. The minimum Gasteiger partial charge on any atom is -0.484 e. The maximum absolute atomic E-state index is 12.0. The van der Waals surface area contributed by atoms with E-state index >= 15 is 0 Å². The molecule has 2 aromatic rings. The van der Waals surface area contributed by atoms with Crippen molar-refractivity contribution in [3.63, 3.8) is 0 Å². The molecule has 1 aromatic heterocycles. The van der Waals surface area contributed by atoms with Crippen LogP contribution in [-0.4, -0.2) is 34.7 Å². The van der Waals surface area contributed by atoms with E-state index in [0.717, 1.165) is 18.4 Å². The summed E-state index contributed by atoms with van der Waals surface area (Å²) in [5.41, 5.74) is 6.69. The number of hydrogen-bond donors (Lipinski definition) is 2. The van der Waals surface area contributed by atoms with Gasteiger partial charge in [-0.25, -0.2) is 0 Å². The maximum atomic E-state index is 12.0. The Balaban J connectivity index is 1.73. The highest BCUT2D eigenvalue weighted by molar-refractivity contribution is 5.94. The van der Waals surface area contributed by atoms with Gasteiger partial charge in [-0.1, -0.05) is 0 Å². The zero-order valence-electron chi connectivity index (χ0n) is 13.0. The lowest BCUT2D eigenvalue weighted by molar-refractivity contribution is -0.119. The van der Waals surface area contributed by atoms with Gasteiger partial charge in [0.05, 0.1) is 6.20 Å². The standard InChI is InChI=1S/C16H20N4O3/c1-20-10-12(9-19-20)3-2-8-18-16(22)13-4-6-14(7-5-13)23-11-15(17)21/h4-7,9-10H,2-3,8,11H2,1H3,(H2,17,21)(H,18,22). The highest BCUT2D eigenvalue weighted by Gasteiger charge is 2.06. The van der Waals surface area contributed by atoms with E-state index in [-0.39, 0.29) is 12.5 Å². The van der Waals surface area contributed by atoms with E-state index < -0.39 is 5.91 Å². The molecule has 7 heteroatoms. The molecule has 0 fully saturated rings. The molecule has 0 aliphatic heterocycles. The third-order valence-corrected chi connectivity index (χ3v) is 3.18. The summed E-state index contributed by atoms with van der Waals surface area (Å²) in [4.78, 5) is 22.6. The van der Waals surface area contributed by atoms with Crippen molar-refractivity contribution < 1.29 is 14.3 Å². The summed E-state index contributed by atoms with van der Waals surface area (Å²) in [6.45, 7) is 0.410. The molecule has 2 rings (SSSR count). The number of amides is 2. The van der Waals surface area contributed by atoms with E-state index in [9.17, 15) is 9.59 Å². The summed E-state index contributed by atoms with van der Waals surface area (Å²) in [6, 6.07) is 6.56. The van der Waals surface area contributed by atoms with Gasteiger partial charge in [-0.05, 0) is 42.7 Å². The van der Waals surface area contributed by atoms with Gasteiger partial charge in [0.15, 0.2) is 6.61 Å².